The minimum Gasteiger partial charge on any atom is -0.768 e. The van der Waals surface area contributed by atoms with Gasteiger partial charge in [-0.25, -0.2) is 0 Å². The first-order chi connectivity index (χ1) is 11.9. The number of alkyl halides is 4. The summed E-state index contributed by atoms with van der Waals surface area (Å²) in [6, 6.07) is 0. The van der Waals surface area contributed by atoms with Crippen LogP contribution in [-0.2, 0) is 20.6 Å². The Hall–Kier alpha value is -0.740. The second-order valence-electron chi connectivity index (χ2n) is 8.16. The van der Waals surface area contributed by atoms with Gasteiger partial charge in [-0.05, 0) is 56.8 Å². The maximum Gasteiger partial charge on any atom is 0.371 e. The third-order valence-corrected chi connectivity index (χ3v) is 6.68. The highest BCUT2D eigenvalue weighted by atomic mass is 32.2. The molecule has 0 heterocycles. The third-order valence-electron chi connectivity index (χ3n) is 5.97. The zero-order valence-corrected chi connectivity index (χ0v) is 14.8. The van der Waals surface area contributed by atoms with Crippen molar-refractivity contribution in [1.82, 2.24) is 0 Å². The van der Waals surface area contributed by atoms with Gasteiger partial charge in [-0.2, -0.15) is 17.6 Å². The lowest BCUT2D eigenvalue weighted by Gasteiger charge is -2.58. The third kappa shape index (κ3) is 3.40. The minimum absolute atomic E-state index is 0.240. The Morgan fingerprint density at radius 3 is 2.27 bits per heavy atom. The van der Waals surface area contributed by atoms with Crippen molar-refractivity contribution in [1.29, 1.82) is 0 Å². The smallest absolute Gasteiger partial charge is 0.371 e. The van der Waals surface area contributed by atoms with Gasteiger partial charge >= 0.3 is 17.1 Å². The molecule has 4 aliphatic carbocycles. The molecular formula is C16H21F4O5S-. The van der Waals surface area contributed by atoms with E-state index in [4.69, 9.17) is 4.74 Å². The second-order valence-corrected chi connectivity index (χ2v) is 9.14. The van der Waals surface area contributed by atoms with Crippen molar-refractivity contribution in [3.8, 4) is 0 Å². The van der Waals surface area contributed by atoms with Crippen LogP contribution in [0.25, 0.3) is 0 Å². The molecule has 10 heteroatoms. The summed E-state index contributed by atoms with van der Waals surface area (Å²) in [6.07, 6.45) is 1.75. The van der Waals surface area contributed by atoms with Crippen molar-refractivity contribution in [2.45, 2.75) is 68.1 Å². The summed E-state index contributed by atoms with van der Waals surface area (Å²) in [7, 11) is 0. The number of carbonyl (C=O) groups excluding carboxylic acids is 1. The molecule has 4 bridgehead atoms. The van der Waals surface area contributed by atoms with Crippen LogP contribution in [0.2, 0.25) is 0 Å². The predicted molar refractivity (Wildman–Crippen MR) is 81.1 cm³/mol. The quantitative estimate of drug-likeness (QED) is 0.307. The van der Waals surface area contributed by atoms with E-state index >= 15 is 0 Å². The summed E-state index contributed by atoms with van der Waals surface area (Å²) in [5, 5.41) is 5.42. The van der Waals surface area contributed by atoms with E-state index in [1.165, 1.54) is 0 Å². The average molecular weight is 401 g/mol. The summed E-state index contributed by atoms with van der Waals surface area (Å²) in [6.45, 7) is -0.495. The Bertz CT molecular complexity index is 597. The van der Waals surface area contributed by atoms with Crippen molar-refractivity contribution in [2.75, 3.05) is 6.61 Å². The molecule has 4 aliphatic rings. The first-order valence-corrected chi connectivity index (χ1v) is 9.71. The average Bonchev–Trinajstić information content (AvgIpc) is 2.48. The number of rotatable bonds is 7. The number of esters is 1. The van der Waals surface area contributed by atoms with Crippen molar-refractivity contribution >= 4 is 17.0 Å². The maximum atomic E-state index is 13.3. The van der Waals surface area contributed by atoms with Gasteiger partial charge in [0.05, 0.1) is 17.6 Å². The number of carbonyl (C=O) groups is 1. The van der Waals surface area contributed by atoms with E-state index in [9.17, 15) is 36.2 Å². The van der Waals surface area contributed by atoms with Crippen LogP contribution in [0, 0.1) is 17.3 Å². The van der Waals surface area contributed by atoms with Crippen molar-refractivity contribution in [2.24, 2.45) is 17.3 Å². The monoisotopic (exact) mass is 401 g/mol. The number of hydrogen-bond donors (Lipinski definition) is 1. The molecule has 4 rings (SSSR count). The summed E-state index contributed by atoms with van der Waals surface area (Å²) >= 11 is -4.24. The highest BCUT2D eigenvalue weighted by Gasteiger charge is 2.61. The van der Waals surface area contributed by atoms with Crippen molar-refractivity contribution in [3.63, 3.8) is 0 Å². The minimum atomic E-state index is -5.17. The lowest BCUT2D eigenvalue weighted by molar-refractivity contribution is -0.197. The number of ether oxygens (including phenoxy) is 1. The van der Waals surface area contributed by atoms with Crippen molar-refractivity contribution < 1.29 is 41.0 Å². The fraction of sp³-hybridized carbons (Fsp3) is 0.938. The molecule has 3 unspecified atom stereocenters. The molecule has 0 amide bonds. The zero-order chi connectivity index (χ0) is 19.4. The molecule has 0 aromatic rings. The van der Waals surface area contributed by atoms with Crippen LogP contribution in [0.4, 0.5) is 17.6 Å². The highest BCUT2D eigenvalue weighted by Crippen LogP contribution is 2.62. The van der Waals surface area contributed by atoms with Crippen LogP contribution in [0.1, 0.15) is 51.4 Å². The van der Waals surface area contributed by atoms with Gasteiger partial charge in [0.1, 0.15) is 0 Å². The summed E-state index contributed by atoms with van der Waals surface area (Å²) in [5.41, 5.74) is -1.70. The summed E-state index contributed by atoms with van der Waals surface area (Å²) in [5.74, 6) is -4.83. The first-order valence-electron chi connectivity index (χ1n) is 8.64. The van der Waals surface area contributed by atoms with E-state index in [-0.39, 0.29) is 18.3 Å². The highest BCUT2D eigenvalue weighted by molar-refractivity contribution is 7.80. The Morgan fingerprint density at radius 2 is 1.77 bits per heavy atom. The van der Waals surface area contributed by atoms with Gasteiger partial charge < -0.3 is 14.4 Å². The van der Waals surface area contributed by atoms with Crippen LogP contribution in [0.5, 0.6) is 0 Å². The molecule has 0 spiro atoms. The van der Waals surface area contributed by atoms with E-state index in [0.717, 1.165) is 6.42 Å². The molecular weight excluding hydrogens is 380 g/mol. The van der Waals surface area contributed by atoms with Gasteiger partial charge in [-0.3, -0.25) is 9.00 Å². The van der Waals surface area contributed by atoms with Gasteiger partial charge in [-0.1, -0.05) is 0 Å². The Kier molecular flexibility index (Phi) is 4.93. The number of aliphatic hydroxyl groups is 1. The molecule has 3 atom stereocenters. The Balaban J connectivity index is 1.53. The molecule has 150 valence electrons. The summed E-state index contributed by atoms with van der Waals surface area (Å²) in [4.78, 5) is 12.5. The van der Waals surface area contributed by atoms with Gasteiger partial charge in [-0.15, -0.1) is 0 Å². The van der Waals surface area contributed by atoms with Gasteiger partial charge in [0.25, 0.3) is 0 Å². The zero-order valence-electron chi connectivity index (χ0n) is 14.0. The SMILES string of the molecule is O=C(OCCCC(F)(F)C(F)(F)S(=O)[O-])C12CC3CC(CC(O)(C3)C1)C2. The summed E-state index contributed by atoms with van der Waals surface area (Å²) < 4.78 is 78.1. The van der Waals surface area contributed by atoms with Crippen LogP contribution >= 0.6 is 0 Å². The molecule has 1 N–H and O–H groups in total. The molecule has 0 aromatic heterocycles. The molecule has 26 heavy (non-hydrogen) atoms. The van der Waals surface area contributed by atoms with Gasteiger partial charge in [0, 0.05) is 17.5 Å². The Morgan fingerprint density at radius 1 is 1.19 bits per heavy atom. The fourth-order valence-corrected chi connectivity index (χ4v) is 5.68. The first kappa shape index (κ1) is 20.0. The number of halogens is 4. The molecule has 4 fully saturated rings. The maximum absolute atomic E-state index is 13.3. The topological polar surface area (TPSA) is 86.7 Å². The molecule has 0 radical (unpaired) electrons. The van der Waals surface area contributed by atoms with E-state index < -0.39 is 58.7 Å². The van der Waals surface area contributed by atoms with Gasteiger partial charge in [0.15, 0.2) is 0 Å². The normalized spacial score (nSPS) is 37.6. The standard InChI is InChI=1S/C16H22F4O5S/c17-15(18,16(19,20)26(23)24)2-1-3-25-12(21)13-5-10-4-11(6-13)8-14(22,7-10)9-13/h10-11,22H,1-9H2,(H,23,24)/p-1. The lowest BCUT2D eigenvalue weighted by atomic mass is 9.48. The Labute approximate surface area is 150 Å². The van der Waals surface area contributed by atoms with Crippen LogP contribution in [0.3, 0.4) is 0 Å². The van der Waals surface area contributed by atoms with E-state index in [2.05, 4.69) is 0 Å². The predicted octanol–water partition coefficient (Wildman–Crippen LogP) is 2.75. The fourth-order valence-electron chi connectivity index (χ4n) is 5.33. The lowest BCUT2D eigenvalue weighted by Crippen LogP contribution is -2.58. The van der Waals surface area contributed by atoms with Crippen LogP contribution in [-0.4, -0.2) is 43.2 Å². The molecule has 0 saturated heterocycles. The van der Waals surface area contributed by atoms with Gasteiger partial charge in [0.2, 0.25) is 0 Å². The largest absolute Gasteiger partial charge is 0.768 e. The molecule has 5 nitrogen and oxygen atoms in total. The molecule has 4 saturated carbocycles. The van der Waals surface area contributed by atoms with Crippen molar-refractivity contribution in [3.05, 3.63) is 0 Å². The van der Waals surface area contributed by atoms with E-state index in [1.54, 1.807) is 0 Å². The molecule has 0 aromatic carbocycles. The van der Waals surface area contributed by atoms with E-state index in [0.29, 0.717) is 25.7 Å². The van der Waals surface area contributed by atoms with Crippen LogP contribution in [0.15, 0.2) is 0 Å². The van der Waals surface area contributed by atoms with E-state index in [1.807, 2.05) is 0 Å². The molecule has 0 aliphatic heterocycles. The second kappa shape index (κ2) is 6.41. The number of hydrogen-bond acceptors (Lipinski definition) is 5. The van der Waals surface area contributed by atoms with Crippen LogP contribution < -0.4 is 0 Å².